The van der Waals surface area contributed by atoms with Crippen LogP contribution in [0.15, 0.2) is 38.8 Å². The van der Waals surface area contributed by atoms with Gasteiger partial charge in [-0.25, -0.2) is 0 Å². The zero-order valence-corrected chi connectivity index (χ0v) is 22.1. The zero-order valence-electron chi connectivity index (χ0n) is 22.1. The molecule has 0 aromatic heterocycles. The minimum Gasteiger partial charge on any atom is -0.391 e. The van der Waals surface area contributed by atoms with Crippen molar-refractivity contribution >= 4 is 23.1 Å². The number of likely N-dealkylation sites (tertiary alicyclic amines) is 1. The molecule has 36 heavy (non-hydrogen) atoms. The number of azo groups is 1. The molecule has 1 saturated heterocycles. The molecule has 4 atom stereocenters. The van der Waals surface area contributed by atoms with Crippen LogP contribution in [0.2, 0.25) is 0 Å². The van der Waals surface area contributed by atoms with Crippen LogP contribution in [0, 0.1) is 22.7 Å². The maximum Gasteiger partial charge on any atom is 0.230 e. The molecular formula is C27H39N5O4. The van der Waals surface area contributed by atoms with Gasteiger partial charge in [-0.05, 0) is 56.6 Å². The van der Waals surface area contributed by atoms with Gasteiger partial charge in [0.05, 0.1) is 41.7 Å². The van der Waals surface area contributed by atoms with E-state index in [0.717, 1.165) is 29.8 Å². The summed E-state index contributed by atoms with van der Waals surface area (Å²) in [6, 6.07) is -0.831. The van der Waals surface area contributed by atoms with E-state index in [1.165, 1.54) is 4.90 Å². The van der Waals surface area contributed by atoms with Crippen molar-refractivity contribution in [2.24, 2.45) is 32.6 Å². The number of Topliss-reactive ketones (excluding diaryl/α,β-unsaturated/α-hetero) is 1. The normalized spacial score (nSPS) is 30.2. The Hall–Kier alpha value is -2.68. The molecule has 0 radical (unpaired) electrons. The molecule has 3 aliphatic heterocycles. The van der Waals surface area contributed by atoms with Crippen molar-refractivity contribution in [3.8, 4) is 0 Å². The highest BCUT2D eigenvalue weighted by Crippen LogP contribution is 2.40. The van der Waals surface area contributed by atoms with E-state index < -0.39 is 34.9 Å². The van der Waals surface area contributed by atoms with Crippen molar-refractivity contribution in [2.75, 3.05) is 13.1 Å². The maximum absolute atomic E-state index is 13.9. The van der Waals surface area contributed by atoms with Gasteiger partial charge in [0.1, 0.15) is 5.60 Å². The Morgan fingerprint density at radius 2 is 2.08 bits per heavy atom. The molecule has 196 valence electrons. The first-order valence-corrected chi connectivity index (χ1v) is 13.0. The summed E-state index contributed by atoms with van der Waals surface area (Å²) in [5.41, 5.74) is 1.86. The van der Waals surface area contributed by atoms with Crippen molar-refractivity contribution in [2.45, 2.75) is 90.9 Å². The van der Waals surface area contributed by atoms with Gasteiger partial charge in [0.2, 0.25) is 5.91 Å². The standard InChI is InChI=1S/C27H39N5O4/c1-16-13-27(5,36-31-16)9-8-21(28)24(34)23-12-19(33)15-32(23)25(35)20(26(2,3)4)10-17-11-22(18-6-7-18)30-29-14-17/h10-11,18-20,23,28,33H,6-9,12-15H2,1-5H3/b17-10+,28-21?. The summed E-state index contributed by atoms with van der Waals surface area (Å²) >= 11 is 0. The topological polar surface area (TPSA) is 128 Å². The molecule has 1 aliphatic carbocycles. The van der Waals surface area contributed by atoms with E-state index in [-0.39, 0.29) is 31.0 Å². The number of carbonyl (C=O) groups excluding carboxylic acids is 2. The minimum atomic E-state index is -0.831. The fourth-order valence-corrected chi connectivity index (χ4v) is 5.17. The summed E-state index contributed by atoms with van der Waals surface area (Å²) < 4.78 is 0. The third kappa shape index (κ3) is 5.99. The summed E-state index contributed by atoms with van der Waals surface area (Å²) in [5.74, 6) is -0.632. The monoisotopic (exact) mass is 497 g/mol. The zero-order chi connectivity index (χ0) is 26.3. The lowest BCUT2D eigenvalue weighted by Gasteiger charge is -2.34. The number of carbonyl (C=O) groups is 2. The highest BCUT2D eigenvalue weighted by atomic mass is 16.7. The van der Waals surface area contributed by atoms with Crippen LogP contribution >= 0.6 is 0 Å². The lowest BCUT2D eigenvalue weighted by atomic mass is 9.78. The van der Waals surface area contributed by atoms with Crippen LogP contribution in [0.4, 0.5) is 0 Å². The Bertz CT molecular complexity index is 1050. The summed E-state index contributed by atoms with van der Waals surface area (Å²) in [6.45, 7) is 10.3. The average molecular weight is 498 g/mol. The van der Waals surface area contributed by atoms with Crippen LogP contribution in [0.3, 0.4) is 0 Å². The molecule has 2 N–H and O–H groups in total. The summed E-state index contributed by atoms with van der Waals surface area (Å²) in [5, 5.41) is 31.4. The van der Waals surface area contributed by atoms with Gasteiger partial charge < -0.3 is 20.3 Å². The second-order valence-corrected chi connectivity index (χ2v) is 12.1. The summed E-state index contributed by atoms with van der Waals surface area (Å²) in [7, 11) is 0. The van der Waals surface area contributed by atoms with Crippen LogP contribution in [-0.4, -0.2) is 64.0 Å². The Labute approximate surface area is 213 Å². The summed E-state index contributed by atoms with van der Waals surface area (Å²) in [6.07, 6.45) is 7.00. The summed E-state index contributed by atoms with van der Waals surface area (Å²) in [4.78, 5) is 34.2. The van der Waals surface area contributed by atoms with Gasteiger partial charge >= 0.3 is 0 Å². The van der Waals surface area contributed by atoms with Crippen LogP contribution in [0.5, 0.6) is 0 Å². The number of aliphatic hydroxyl groups is 1. The van der Waals surface area contributed by atoms with Gasteiger partial charge in [0, 0.05) is 25.3 Å². The van der Waals surface area contributed by atoms with Crippen molar-refractivity contribution < 1.29 is 19.5 Å². The fraction of sp³-hybridized carbons (Fsp3) is 0.704. The van der Waals surface area contributed by atoms with E-state index in [9.17, 15) is 14.7 Å². The number of hydrogen-bond donors (Lipinski definition) is 2. The number of rotatable bonds is 8. The van der Waals surface area contributed by atoms with E-state index in [1.807, 2.05) is 46.8 Å². The molecule has 0 spiro atoms. The van der Waals surface area contributed by atoms with Gasteiger partial charge in [-0.2, -0.15) is 10.2 Å². The quantitative estimate of drug-likeness (QED) is 0.487. The lowest BCUT2D eigenvalue weighted by molar-refractivity contribution is -0.140. The van der Waals surface area contributed by atoms with Crippen LogP contribution < -0.4 is 0 Å². The molecule has 9 heteroatoms. The molecule has 0 aromatic carbocycles. The molecule has 4 rings (SSSR count). The Morgan fingerprint density at radius 3 is 2.69 bits per heavy atom. The fourth-order valence-electron chi connectivity index (χ4n) is 5.17. The number of β-amino-alcohol motifs (C(OH)–C–C–N with tert-alkyl or cyclic N) is 1. The largest absolute Gasteiger partial charge is 0.391 e. The molecule has 4 unspecified atom stereocenters. The first kappa shape index (κ1) is 26.4. The van der Waals surface area contributed by atoms with E-state index >= 15 is 0 Å². The second-order valence-electron chi connectivity index (χ2n) is 12.1. The molecule has 0 bridgehead atoms. The highest BCUT2D eigenvalue weighted by Gasteiger charge is 2.44. The second kappa shape index (κ2) is 10.00. The van der Waals surface area contributed by atoms with Gasteiger partial charge in [0.25, 0.3) is 0 Å². The van der Waals surface area contributed by atoms with E-state index in [2.05, 4.69) is 15.4 Å². The first-order valence-electron chi connectivity index (χ1n) is 13.0. The third-order valence-electron chi connectivity index (χ3n) is 7.47. The maximum atomic E-state index is 13.9. The number of oxime groups is 1. The van der Waals surface area contributed by atoms with Crippen molar-refractivity contribution in [3.63, 3.8) is 0 Å². The van der Waals surface area contributed by atoms with Gasteiger partial charge in [0.15, 0.2) is 5.78 Å². The molecule has 1 amide bonds. The number of aliphatic hydroxyl groups excluding tert-OH is 1. The van der Waals surface area contributed by atoms with Gasteiger partial charge in [-0.1, -0.05) is 32.0 Å². The van der Waals surface area contributed by atoms with Crippen LogP contribution in [0.1, 0.15) is 73.1 Å². The number of allylic oxidation sites excluding steroid dienone is 1. The average Bonchev–Trinajstić information content (AvgIpc) is 3.51. The third-order valence-corrected chi connectivity index (χ3v) is 7.47. The van der Waals surface area contributed by atoms with Gasteiger partial charge in [-0.3, -0.25) is 9.59 Å². The van der Waals surface area contributed by atoms with E-state index in [0.29, 0.717) is 25.3 Å². The van der Waals surface area contributed by atoms with E-state index in [1.54, 1.807) is 0 Å². The SMILES string of the molecule is CC1=NOC(C)(CCC(=N)C(=O)C2CC(O)CN2C(=O)C(/C=C2\C=C(C3CC3)N=NC2)C(C)(C)C)C1. The first-order chi connectivity index (χ1) is 16.9. The molecule has 4 aliphatic rings. The Kier molecular flexibility index (Phi) is 7.33. The molecule has 9 nitrogen and oxygen atoms in total. The predicted molar refractivity (Wildman–Crippen MR) is 137 cm³/mol. The predicted octanol–water partition coefficient (Wildman–Crippen LogP) is 4.22. The number of ketones is 1. The van der Waals surface area contributed by atoms with Crippen molar-refractivity contribution in [1.29, 1.82) is 5.41 Å². The van der Waals surface area contributed by atoms with Gasteiger partial charge in [-0.15, -0.1) is 0 Å². The number of nitrogens with zero attached hydrogens (tertiary/aromatic N) is 4. The number of nitrogens with one attached hydrogen (secondary N) is 1. The smallest absolute Gasteiger partial charge is 0.230 e. The lowest BCUT2D eigenvalue weighted by Crippen LogP contribution is -2.48. The van der Waals surface area contributed by atoms with E-state index in [4.69, 9.17) is 10.2 Å². The Morgan fingerprint density at radius 1 is 1.36 bits per heavy atom. The molecular weight excluding hydrogens is 458 g/mol. The molecule has 1 saturated carbocycles. The molecule has 3 heterocycles. The number of hydrogen-bond acceptors (Lipinski definition) is 8. The van der Waals surface area contributed by atoms with Crippen LogP contribution in [-0.2, 0) is 14.4 Å². The minimum absolute atomic E-state index is 0.0448. The molecule has 0 aromatic rings. The molecule has 2 fully saturated rings. The van der Waals surface area contributed by atoms with Crippen molar-refractivity contribution in [1.82, 2.24) is 4.90 Å². The number of amides is 1. The highest BCUT2D eigenvalue weighted by molar-refractivity contribution is 6.40. The van der Waals surface area contributed by atoms with Crippen molar-refractivity contribution in [3.05, 3.63) is 23.4 Å². The van der Waals surface area contributed by atoms with Crippen LogP contribution in [0.25, 0.3) is 0 Å². The Balaban J connectivity index is 1.48.